The van der Waals surface area contributed by atoms with Gasteiger partial charge in [0.25, 0.3) is 5.91 Å². The zero-order chi connectivity index (χ0) is 20.2. The molecule has 6 nitrogen and oxygen atoms in total. The minimum absolute atomic E-state index is 0.146. The zero-order valence-electron chi connectivity index (χ0n) is 16.3. The van der Waals surface area contributed by atoms with E-state index in [0.29, 0.717) is 11.3 Å². The lowest BCUT2D eigenvalue weighted by atomic mass is 10.1. The molecule has 1 aromatic heterocycles. The highest BCUT2D eigenvalue weighted by Gasteiger charge is 2.28. The number of amides is 1. The number of carbonyl (C=O) groups is 2. The van der Waals surface area contributed by atoms with E-state index in [9.17, 15) is 9.59 Å². The summed E-state index contributed by atoms with van der Waals surface area (Å²) in [6, 6.07) is 19.1. The molecule has 0 spiro atoms. The van der Waals surface area contributed by atoms with Crippen LogP contribution < -0.4 is 0 Å². The molecule has 2 aromatic carbocycles. The number of hydrogen-bond acceptors (Lipinski definition) is 4. The van der Waals surface area contributed by atoms with Crippen molar-refractivity contribution in [2.75, 3.05) is 13.1 Å². The summed E-state index contributed by atoms with van der Waals surface area (Å²) in [7, 11) is 0. The average molecular weight is 389 g/mol. The molecule has 0 radical (unpaired) electrons. The van der Waals surface area contributed by atoms with Crippen molar-refractivity contribution in [3.63, 3.8) is 0 Å². The second-order valence-electron chi connectivity index (χ2n) is 7.12. The fourth-order valence-corrected chi connectivity index (χ4v) is 3.51. The highest BCUT2D eigenvalue weighted by Crippen LogP contribution is 2.25. The Morgan fingerprint density at radius 3 is 2.24 bits per heavy atom. The van der Waals surface area contributed by atoms with Crippen molar-refractivity contribution in [3.8, 4) is 16.9 Å². The maximum absolute atomic E-state index is 13.0. The minimum Gasteiger partial charge on any atom is -0.449 e. The average Bonchev–Trinajstić information content (AvgIpc) is 3.45. The number of ether oxygens (including phenoxy) is 1. The number of hydrogen-bond donors (Lipinski definition) is 0. The van der Waals surface area contributed by atoms with Crippen LogP contribution in [0.15, 0.2) is 66.9 Å². The molecule has 4 rings (SSSR count). The molecule has 1 unspecified atom stereocenters. The van der Waals surface area contributed by atoms with Crippen LogP contribution in [0.5, 0.6) is 0 Å². The van der Waals surface area contributed by atoms with Gasteiger partial charge in [0.2, 0.25) is 0 Å². The van der Waals surface area contributed by atoms with E-state index in [1.807, 2.05) is 60.7 Å². The van der Waals surface area contributed by atoms with Gasteiger partial charge in [0.15, 0.2) is 6.10 Å². The Morgan fingerprint density at radius 1 is 0.966 bits per heavy atom. The molecule has 1 aliphatic rings. The number of carbonyl (C=O) groups excluding carboxylic acids is 2. The van der Waals surface area contributed by atoms with Crippen LogP contribution in [0.25, 0.3) is 16.9 Å². The van der Waals surface area contributed by atoms with Crippen LogP contribution >= 0.6 is 0 Å². The fourth-order valence-electron chi connectivity index (χ4n) is 3.51. The minimum atomic E-state index is -0.829. The largest absolute Gasteiger partial charge is 0.449 e. The normalized spacial score (nSPS) is 14.6. The number of esters is 1. The molecule has 148 valence electrons. The molecule has 6 heteroatoms. The Bertz CT molecular complexity index is 993. The molecule has 1 atom stereocenters. The monoisotopic (exact) mass is 389 g/mol. The predicted octanol–water partition coefficient (Wildman–Crippen LogP) is 3.71. The lowest BCUT2D eigenvalue weighted by molar-refractivity contribution is -0.138. The third-order valence-corrected chi connectivity index (χ3v) is 5.05. The molecule has 0 N–H and O–H groups in total. The zero-order valence-corrected chi connectivity index (χ0v) is 16.3. The van der Waals surface area contributed by atoms with Gasteiger partial charge in [-0.2, -0.15) is 5.10 Å². The van der Waals surface area contributed by atoms with Gasteiger partial charge in [0, 0.05) is 24.8 Å². The van der Waals surface area contributed by atoms with Crippen LogP contribution in [0.2, 0.25) is 0 Å². The molecule has 29 heavy (non-hydrogen) atoms. The summed E-state index contributed by atoms with van der Waals surface area (Å²) in [6.45, 7) is 3.08. The molecular weight excluding hydrogens is 366 g/mol. The van der Waals surface area contributed by atoms with E-state index in [4.69, 9.17) is 4.74 Å². The first-order valence-corrected chi connectivity index (χ1v) is 9.84. The van der Waals surface area contributed by atoms with Gasteiger partial charge in [0.1, 0.15) is 11.3 Å². The first-order chi connectivity index (χ1) is 14.1. The van der Waals surface area contributed by atoms with Crippen molar-refractivity contribution in [3.05, 3.63) is 72.4 Å². The first-order valence-electron chi connectivity index (χ1n) is 9.84. The number of benzene rings is 2. The highest BCUT2D eigenvalue weighted by atomic mass is 16.5. The predicted molar refractivity (Wildman–Crippen MR) is 110 cm³/mol. The van der Waals surface area contributed by atoms with Gasteiger partial charge in [-0.25, -0.2) is 9.48 Å². The van der Waals surface area contributed by atoms with E-state index in [1.165, 1.54) is 0 Å². The lowest BCUT2D eigenvalue weighted by Crippen LogP contribution is -2.38. The maximum Gasteiger partial charge on any atom is 0.342 e. The first kappa shape index (κ1) is 18.9. The summed E-state index contributed by atoms with van der Waals surface area (Å²) >= 11 is 0. The van der Waals surface area contributed by atoms with E-state index in [1.54, 1.807) is 22.7 Å². The van der Waals surface area contributed by atoms with E-state index in [0.717, 1.165) is 37.2 Å². The van der Waals surface area contributed by atoms with Crippen molar-refractivity contribution in [2.45, 2.75) is 25.9 Å². The lowest BCUT2D eigenvalue weighted by Gasteiger charge is -2.20. The smallest absolute Gasteiger partial charge is 0.342 e. The molecule has 0 aliphatic carbocycles. The number of nitrogens with zero attached hydrogens (tertiary/aromatic N) is 3. The summed E-state index contributed by atoms with van der Waals surface area (Å²) in [6.07, 6.45) is 2.82. The molecular formula is C23H23N3O3. The molecule has 2 heterocycles. The maximum atomic E-state index is 13.0. The van der Waals surface area contributed by atoms with Crippen molar-refractivity contribution >= 4 is 11.9 Å². The van der Waals surface area contributed by atoms with Crippen LogP contribution in [-0.4, -0.2) is 45.8 Å². The molecule has 1 aliphatic heterocycles. The highest BCUT2D eigenvalue weighted by molar-refractivity contribution is 5.97. The number of rotatable bonds is 5. The van der Waals surface area contributed by atoms with Crippen molar-refractivity contribution < 1.29 is 14.3 Å². The fraction of sp³-hybridized carbons (Fsp3) is 0.261. The summed E-state index contributed by atoms with van der Waals surface area (Å²) in [4.78, 5) is 27.2. The third kappa shape index (κ3) is 4.06. The molecule has 1 amide bonds. The summed E-state index contributed by atoms with van der Waals surface area (Å²) in [5, 5.41) is 4.62. The van der Waals surface area contributed by atoms with Gasteiger partial charge in [-0.1, -0.05) is 48.5 Å². The van der Waals surface area contributed by atoms with Crippen LogP contribution in [0, 0.1) is 0 Å². The van der Waals surface area contributed by atoms with Gasteiger partial charge in [0.05, 0.1) is 5.69 Å². The molecule has 1 saturated heterocycles. The van der Waals surface area contributed by atoms with E-state index >= 15 is 0 Å². The third-order valence-electron chi connectivity index (χ3n) is 5.05. The van der Waals surface area contributed by atoms with E-state index in [2.05, 4.69) is 5.10 Å². The number of aromatic nitrogens is 2. The Hall–Kier alpha value is -3.41. The van der Waals surface area contributed by atoms with Gasteiger partial charge >= 0.3 is 5.97 Å². The van der Waals surface area contributed by atoms with Gasteiger partial charge in [-0.15, -0.1) is 0 Å². The van der Waals surface area contributed by atoms with Crippen LogP contribution in [0.1, 0.15) is 30.1 Å². The van der Waals surface area contributed by atoms with Gasteiger partial charge in [-0.05, 0) is 31.9 Å². The molecule has 0 saturated carbocycles. The van der Waals surface area contributed by atoms with E-state index < -0.39 is 12.1 Å². The second kappa shape index (κ2) is 8.31. The Labute approximate surface area is 169 Å². The summed E-state index contributed by atoms with van der Waals surface area (Å²) < 4.78 is 7.20. The molecule has 1 fully saturated rings. The Kier molecular flexibility index (Phi) is 5.42. The quantitative estimate of drug-likeness (QED) is 0.624. The molecule has 0 bridgehead atoms. The summed E-state index contributed by atoms with van der Waals surface area (Å²) in [5.74, 6) is -0.696. The second-order valence-corrected chi connectivity index (χ2v) is 7.12. The Morgan fingerprint density at radius 2 is 1.59 bits per heavy atom. The van der Waals surface area contributed by atoms with Crippen LogP contribution in [-0.2, 0) is 9.53 Å². The van der Waals surface area contributed by atoms with Crippen LogP contribution in [0.4, 0.5) is 0 Å². The van der Waals surface area contributed by atoms with Crippen molar-refractivity contribution in [2.24, 2.45) is 0 Å². The number of para-hydroxylation sites is 1. The van der Waals surface area contributed by atoms with Gasteiger partial charge < -0.3 is 9.64 Å². The number of likely N-dealkylation sites (tertiary alicyclic amines) is 1. The van der Waals surface area contributed by atoms with E-state index in [-0.39, 0.29) is 5.91 Å². The van der Waals surface area contributed by atoms with Gasteiger partial charge in [-0.3, -0.25) is 4.79 Å². The van der Waals surface area contributed by atoms with Crippen LogP contribution in [0.3, 0.4) is 0 Å². The Balaban J connectivity index is 1.63. The molecule has 3 aromatic rings. The standard InChI is InChI=1S/C23H23N3O3/c1-17(22(27)25-14-8-9-15-25)29-23(28)20-16-26(19-12-6-3-7-13-19)24-21(20)18-10-4-2-5-11-18/h2-7,10-13,16-17H,8-9,14-15H2,1H3. The summed E-state index contributed by atoms with van der Waals surface area (Å²) in [5.41, 5.74) is 2.51. The van der Waals surface area contributed by atoms with Crippen molar-refractivity contribution in [1.82, 2.24) is 14.7 Å². The topological polar surface area (TPSA) is 64.4 Å². The van der Waals surface area contributed by atoms with Crippen molar-refractivity contribution in [1.29, 1.82) is 0 Å². The SMILES string of the molecule is CC(OC(=O)c1cn(-c2ccccc2)nc1-c1ccccc1)C(=O)N1CCCC1.